The van der Waals surface area contributed by atoms with Crippen LogP contribution in [-0.4, -0.2) is 49.7 Å². The normalized spacial score (nSPS) is 21.4. The van der Waals surface area contributed by atoms with Gasteiger partial charge in [-0.3, -0.25) is 4.90 Å². The first-order valence-corrected chi connectivity index (χ1v) is 8.65. The van der Waals surface area contributed by atoms with Gasteiger partial charge < -0.3 is 26.4 Å². The number of aromatic nitrogens is 2. The molecule has 0 saturated carbocycles. The summed E-state index contributed by atoms with van der Waals surface area (Å²) in [7, 11) is 0. The number of hydrogen-bond donors (Lipinski definition) is 4. The highest BCUT2D eigenvalue weighted by molar-refractivity contribution is 5.91. The fourth-order valence-corrected chi connectivity index (χ4v) is 3.97. The summed E-state index contributed by atoms with van der Waals surface area (Å²) >= 11 is 0. The van der Waals surface area contributed by atoms with Crippen LogP contribution in [0.4, 0.5) is 11.8 Å². The van der Waals surface area contributed by atoms with Gasteiger partial charge in [-0.25, -0.2) is 4.79 Å². The van der Waals surface area contributed by atoms with Gasteiger partial charge in [0, 0.05) is 32.5 Å². The number of phenols is 1. The Morgan fingerprint density at radius 2 is 2.15 bits per heavy atom. The zero-order chi connectivity index (χ0) is 19.3. The van der Waals surface area contributed by atoms with Crippen LogP contribution in [0.15, 0.2) is 12.1 Å². The third-order valence-electron chi connectivity index (χ3n) is 5.22. The fraction of sp³-hybridized carbons (Fsp3) is 0.389. The Kier molecular flexibility index (Phi) is 3.84. The molecule has 1 atom stereocenters. The van der Waals surface area contributed by atoms with Crippen LogP contribution < -0.4 is 16.2 Å². The van der Waals surface area contributed by atoms with Crippen molar-refractivity contribution < 1.29 is 19.7 Å². The summed E-state index contributed by atoms with van der Waals surface area (Å²) in [5, 5.41) is 19.2. The minimum absolute atomic E-state index is 0.0815. The predicted molar refractivity (Wildman–Crippen MR) is 97.6 cm³/mol. The number of nitrogens with zero attached hydrogens (tertiary/aromatic N) is 3. The quantitative estimate of drug-likeness (QED) is 0.618. The molecular formula is C18H21N5O4. The first-order chi connectivity index (χ1) is 12.8. The van der Waals surface area contributed by atoms with Gasteiger partial charge in [-0.05, 0) is 24.1 Å². The number of carbonyl (C=O) groups is 1. The van der Waals surface area contributed by atoms with Gasteiger partial charge in [-0.2, -0.15) is 9.97 Å². The maximum absolute atomic E-state index is 11.3. The van der Waals surface area contributed by atoms with E-state index in [1.807, 2.05) is 0 Å². The molecule has 1 aromatic carbocycles. The first kappa shape index (κ1) is 17.3. The van der Waals surface area contributed by atoms with Crippen molar-refractivity contribution in [2.45, 2.75) is 31.9 Å². The summed E-state index contributed by atoms with van der Waals surface area (Å²) in [5.41, 5.74) is 13.3. The molecule has 142 valence electrons. The zero-order valence-corrected chi connectivity index (χ0v) is 14.9. The monoisotopic (exact) mass is 371 g/mol. The van der Waals surface area contributed by atoms with Crippen molar-refractivity contribution in [2.75, 3.05) is 24.6 Å². The number of carboxylic acid groups (broad SMARTS) is 1. The van der Waals surface area contributed by atoms with Gasteiger partial charge in [0.2, 0.25) is 11.8 Å². The molecule has 0 radical (unpaired) electrons. The molecular weight excluding hydrogens is 350 g/mol. The van der Waals surface area contributed by atoms with Gasteiger partial charge in [0.1, 0.15) is 22.7 Å². The molecule has 1 spiro atoms. The second-order valence-corrected chi connectivity index (χ2v) is 7.29. The highest BCUT2D eigenvalue weighted by Crippen LogP contribution is 2.41. The Hall–Kier alpha value is -3.07. The number of benzene rings is 1. The lowest BCUT2D eigenvalue weighted by molar-refractivity contribution is 0.0693. The van der Waals surface area contributed by atoms with Crippen LogP contribution in [0, 0.1) is 6.92 Å². The van der Waals surface area contributed by atoms with Gasteiger partial charge in [-0.15, -0.1) is 0 Å². The van der Waals surface area contributed by atoms with E-state index < -0.39 is 11.6 Å². The first-order valence-electron chi connectivity index (χ1n) is 8.65. The Labute approximate surface area is 155 Å². The summed E-state index contributed by atoms with van der Waals surface area (Å²) in [6.45, 7) is 3.70. The largest absolute Gasteiger partial charge is 0.507 e. The Bertz CT molecular complexity index is 948. The molecule has 0 amide bonds. The zero-order valence-electron chi connectivity index (χ0n) is 14.9. The molecule has 27 heavy (non-hydrogen) atoms. The van der Waals surface area contributed by atoms with Crippen molar-refractivity contribution in [3.05, 3.63) is 34.4 Å². The van der Waals surface area contributed by atoms with Gasteiger partial charge in [0.05, 0.1) is 5.56 Å². The van der Waals surface area contributed by atoms with E-state index in [2.05, 4.69) is 14.9 Å². The van der Waals surface area contributed by atoms with Crippen molar-refractivity contribution in [1.82, 2.24) is 14.9 Å². The maximum atomic E-state index is 11.3. The number of aromatic hydroxyl groups is 1. The fourth-order valence-electron chi connectivity index (χ4n) is 3.97. The van der Waals surface area contributed by atoms with Gasteiger partial charge in [0.25, 0.3) is 0 Å². The molecule has 3 heterocycles. The standard InChI is InChI=1S/C18H21N5O4/c1-9-4-10(5-11(13(9)24)16(25)26)7-23-3-2-18(8-23)6-12-14(19)21-17(20)22-15(12)27-18/h4-5,24H,2-3,6-8H2,1H3,(H,25,26)(H4,19,20,21,22). The summed E-state index contributed by atoms with van der Waals surface area (Å²) < 4.78 is 6.10. The van der Waals surface area contributed by atoms with Crippen LogP contribution in [-0.2, 0) is 13.0 Å². The number of rotatable bonds is 3. The number of hydrogen-bond acceptors (Lipinski definition) is 8. The minimum Gasteiger partial charge on any atom is -0.507 e. The number of nitrogen functional groups attached to an aromatic ring is 2. The lowest BCUT2D eigenvalue weighted by Crippen LogP contribution is -2.37. The number of aromatic carboxylic acids is 1. The molecule has 6 N–H and O–H groups in total. The smallest absolute Gasteiger partial charge is 0.339 e. The lowest BCUT2D eigenvalue weighted by atomic mass is 9.97. The molecule has 1 saturated heterocycles. The van der Waals surface area contributed by atoms with E-state index in [0.29, 0.717) is 36.8 Å². The Morgan fingerprint density at radius 3 is 2.89 bits per heavy atom. The van der Waals surface area contributed by atoms with E-state index in [-0.39, 0.29) is 17.3 Å². The average Bonchev–Trinajstić information content (AvgIpc) is 3.13. The molecule has 2 aliphatic rings. The van der Waals surface area contributed by atoms with Crippen LogP contribution >= 0.6 is 0 Å². The summed E-state index contributed by atoms with van der Waals surface area (Å²) in [6.07, 6.45) is 1.42. The average molecular weight is 371 g/mol. The third kappa shape index (κ3) is 2.99. The second-order valence-electron chi connectivity index (χ2n) is 7.29. The van der Waals surface area contributed by atoms with Crippen LogP contribution in [0.3, 0.4) is 0 Å². The third-order valence-corrected chi connectivity index (χ3v) is 5.22. The summed E-state index contributed by atoms with van der Waals surface area (Å²) in [4.78, 5) is 21.7. The van der Waals surface area contributed by atoms with Crippen molar-refractivity contribution >= 4 is 17.7 Å². The number of nitrogens with two attached hydrogens (primary N) is 2. The molecule has 0 bridgehead atoms. The Balaban J connectivity index is 1.52. The van der Waals surface area contributed by atoms with Crippen molar-refractivity contribution in [3.63, 3.8) is 0 Å². The van der Waals surface area contributed by atoms with E-state index in [4.69, 9.17) is 16.2 Å². The molecule has 1 fully saturated rings. The minimum atomic E-state index is -1.14. The van der Waals surface area contributed by atoms with Crippen molar-refractivity contribution in [3.8, 4) is 11.6 Å². The van der Waals surface area contributed by atoms with Crippen LogP contribution in [0.2, 0.25) is 0 Å². The van der Waals surface area contributed by atoms with E-state index in [1.165, 1.54) is 6.07 Å². The van der Waals surface area contributed by atoms with Crippen LogP contribution in [0.1, 0.15) is 33.5 Å². The highest BCUT2D eigenvalue weighted by Gasteiger charge is 2.46. The van der Waals surface area contributed by atoms with Gasteiger partial charge in [-0.1, -0.05) is 6.07 Å². The molecule has 1 aromatic heterocycles. The van der Waals surface area contributed by atoms with Gasteiger partial charge >= 0.3 is 5.97 Å². The lowest BCUT2D eigenvalue weighted by Gasteiger charge is -2.23. The SMILES string of the molecule is Cc1cc(CN2CCC3(Cc4c(N)nc(N)nc4O3)C2)cc(C(=O)O)c1O. The van der Waals surface area contributed by atoms with E-state index in [1.54, 1.807) is 13.0 Å². The van der Waals surface area contributed by atoms with E-state index in [9.17, 15) is 15.0 Å². The molecule has 2 aliphatic heterocycles. The number of ether oxygens (including phenoxy) is 1. The van der Waals surface area contributed by atoms with Crippen molar-refractivity contribution in [1.29, 1.82) is 0 Å². The topological polar surface area (TPSA) is 148 Å². The molecule has 4 rings (SSSR count). The van der Waals surface area contributed by atoms with Crippen LogP contribution in [0.5, 0.6) is 11.6 Å². The molecule has 9 nitrogen and oxygen atoms in total. The predicted octanol–water partition coefficient (Wildman–Crippen LogP) is 0.933. The van der Waals surface area contributed by atoms with Crippen molar-refractivity contribution in [2.24, 2.45) is 0 Å². The molecule has 9 heteroatoms. The summed E-state index contributed by atoms with van der Waals surface area (Å²) in [6, 6.07) is 3.32. The number of anilines is 2. The number of likely N-dealkylation sites (tertiary alicyclic amines) is 1. The Morgan fingerprint density at radius 1 is 1.37 bits per heavy atom. The van der Waals surface area contributed by atoms with E-state index in [0.717, 1.165) is 24.1 Å². The highest BCUT2D eigenvalue weighted by atomic mass is 16.5. The maximum Gasteiger partial charge on any atom is 0.339 e. The second kappa shape index (κ2) is 5.98. The number of carboxylic acids is 1. The summed E-state index contributed by atoms with van der Waals surface area (Å²) in [5.74, 6) is -0.426. The molecule has 2 aromatic rings. The molecule has 0 aliphatic carbocycles. The van der Waals surface area contributed by atoms with Gasteiger partial charge in [0.15, 0.2) is 0 Å². The van der Waals surface area contributed by atoms with Crippen LogP contribution in [0.25, 0.3) is 0 Å². The molecule has 1 unspecified atom stereocenters. The number of fused-ring (bicyclic) bond motifs is 1. The number of aryl methyl sites for hydroxylation is 1. The van der Waals surface area contributed by atoms with E-state index >= 15 is 0 Å².